The van der Waals surface area contributed by atoms with Gasteiger partial charge in [-0.05, 0) is 30.2 Å². The van der Waals surface area contributed by atoms with E-state index in [1.165, 1.54) is 4.80 Å². The van der Waals surface area contributed by atoms with Crippen LogP contribution in [0.5, 0.6) is 5.75 Å². The molecule has 9 heteroatoms. The van der Waals surface area contributed by atoms with Crippen molar-refractivity contribution in [1.29, 1.82) is 0 Å². The van der Waals surface area contributed by atoms with Crippen molar-refractivity contribution in [1.82, 2.24) is 25.1 Å². The topological polar surface area (TPSA) is 102 Å². The number of hydrogen-bond donors (Lipinski definition) is 1. The number of aryl methyl sites for hydroxylation is 1. The number of rotatable bonds is 11. The van der Waals surface area contributed by atoms with E-state index >= 15 is 0 Å². The Labute approximate surface area is 187 Å². The van der Waals surface area contributed by atoms with Crippen LogP contribution < -0.4 is 10.1 Å². The van der Waals surface area contributed by atoms with Gasteiger partial charge in [-0.2, -0.15) is 4.80 Å². The number of amides is 2. The number of tetrazole rings is 1. The van der Waals surface area contributed by atoms with Gasteiger partial charge in [-0.25, -0.2) is 0 Å². The van der Waals surface area contributed by atoms with E-state index in [0.29, 0.717) is 43.2 Å². The number of methoxy groups -OCH3 is 1. The van der Waals surface area contributed by atoms with Crippen molar-refractivity contribution in [3.63, 3.8) is 0 Å². The third-order valence-electron chi connectivity index (χ3n) is 4.80. The van der Waals surface area contributed by atoms with Crippen molar-refractivity contribution >= 4 is 17.5 Å². The molecule has 0 bridgehead atoms. The number of benzene rings is 2. The summed E-state index contributed by atoms with van der Waals surface area (Å²) in [5, 5.41) is 15.3. The van der Waals surface area contributed by atoms with Gasteiger partial charge in [0.2, 0.25) is 17.6 Å². The normalized spacial score (nSPS) is 10.6. The van der Waals surface area contributed by atoms with Gasteiger partial charge in [-0.15, -0.1) is 10.2 Å². The lowest BCUT2D eigenvalue weighted by atomic mass is 10.2. The van der Waals surface area contributed by atoms with Crippen LogP contribution in [0, 0.1) is 0 Å². The summed E-state index contributed by atoms with van der Waals surface area (Å²) in [6.45, 7) is 2.95. The van der Waals surface area contributed by atoms with Crippen LogP contribution in [0.3, 0.4) is 0 Å². The summed E-state index contributed by atoms with van der Waals surface area (Å²) in [6, 6.07) is 16.8. The summed E-state index contributed by atoms with van der Waals surface area (Å²) in [5.74, 6) is 0.786. The molecule has 0 aliphatic heterocycles. The second-order valence-corrected chi connectivity index (χ2v) is 7.24. The van der Waals surface area contributed by atoms with Crippen molar-refractivity contribution in [3.8, 4) is 17.1 Å². The lowest BCUT2D eigenvalue weighted by Gasteiger charge is -2.22. The van der Waals surface area contributed by atoms with Crippen LogP contribution in [0.4, 0.5) is 5.69 Å². The van der Waals surface area contributed by atoms with Crippen molar-refractivity contribution < 1.29 is 14.3 Å². The molecule has 32 heavy (non-hydrogen) atoms. The Morgan fingerprint density at radius 1 is 1.09 bits per heavy atom. The maximum Gasteiger partial charge on any atom is 0.244 e. The van der Waals surface area contributed by atoms with E-state index in [4.69, 9.17) is 4.74 Å². The van der Waals surface area contributed by atoms with Crippen LogP contribution in [-0.2, 0) is 16.1 Å². The van der Waals surface area contributed by atoms with E-state index in [1.54, 1.807) is 24.1 Å². The highest BCUT2D eigenvalue weighted by molar-refractivity contribution is 5.95. The first kappa shape index (κ1) is 22.9. The Balaban J connectivity index is 1.50. The molecule has 0 unspecified atom stereocenters. The monoisotopic (exact) mass is 436 g/mol. The Hall–Kier alpha value is -3.75. The molecule has 0 radical (unpaired) electrons. The molecule has 0 spiro atoms. The molecule has 3 aromatic rings. The Morgan fingerprint density at radius 2 is 1.84 bits per heavy atom. The summed E-state index contributed by atoms with van der Waals surface area (Å²) >= 11 is 0. The molecule has 0 aliphatic carbocycles. The molecule has 0 saturated heterocycles. The number of para-hydroxylation sites is 2. The summed E-state index contributed by atoms with van der Waals surface area (Å²) in [5.41, 5.74) is 1.47. The summed E-state index contributed by atoms with van der Waals surface area (Å²) in [6.07, 6.45) is 1.61. The summed E-state index contributed by atoms with van der Waals surface area (Å²) in [7, 11) is 1.55. The molecule has 0 fully saturated rings. The molecule has 1 N–H and O–H groups in total. The fourth-order valence-electron chi connectivity index (χ4n) is 3.24. The van der Waals surface area contributed by atoms with Gasteiger partial charge in [0.25, 0.3) is 0 Å². The van der Waals surface area contributed by atoms with Crippen LogP contribution in [0.2, 0.25) is 0 Å². The SMILES string of the molecule is CCCN(CC(=O)Nc1ccccc1OC)C(=O)CCCn1nnc(-c2ccccc2)n1. The summed E-state index contributed by atoms with van der Waals surface area (Å²) < 4.78 is 5.26. The molecule has 3 rings (SSSR count). The minimum atomic E-state index is -0.262. The minimum Gasteiger partial charge on any atom is -0.495 e. The van der Waals surface area contributed by atoms with Gasteiger partial charge in [0.05, 0.1) is 25.9 Å². The molecule has 1 aromatic heterocycles. The molecule has 9 nitrogen and oxygen atoms in total. The zero-order valence-electron chi connectivity index (χ0n) is 18.4. The van der Waals surface area contributed by atoms with Gasteiger partial charge in [0.1, 0.15) is 5.75 Å². The van der Waals surface area contributed by atoms with E-state index in [-0.39, 0.29) is 18.4 Å². The first-order valence-corrected chi connectivity index (χ1v) is 10.6. The molecule has 2 aromatic carbocycles. The number of nitrogens with zero attached hydrogens (tertiary/aromatic N) is 5. The van der Waals surface area contributed by atoms with E-state index in [0.717, 1.165) is 12.0 Å². The quantitative estimate of drug-likeness (QED) is 0.496. The van der Waals surface area contributed by atoms with Crippen LogP contribution in [0.1, 0.15) is 26.2 Å². The Bertz CT molecular complexity index is 1020. The number of aromatic nitrogens is 4. The molecule has 2 amide bonds. The van der Waals surface area contributed by atoms with E-state index in [9.17, 15) is 9.59 Å². The number of hydrogen-bond acceptors (Lipinski definition) is 6. The number of carbonyl (C=O) groups is 2. The van der Waals surface area contributed by atoms with Crippen molar-refractivity contribution in [2.45, 2.75) is 32.7 Å². The first-order valence-electron chi connectivity index (χ1n) is 10.6. The highest BCUT2D eigenvalue weighted by Gasteiger charge is 2.17. The number of carbonyl (C=O) groups excluding carboxylic acids is 2. The number of nitrogens with one attached hydrogen (secondary N) is 1. The highest BCUT2D eigenvalue weighted by Crippen LogP contribution is 2.22. The van der Waals surface area contributed by atoms with Crippen LogP contribution in [-0.4, -0.2) is 57.1 Å². The predicted molar refractivity (Wildman–Crippen MR) is 121 cm³/mol. The van der Waals surface area contributed by atoms with Gasteiger partial charge in [0, 0.05) is 18.5 Å². The molecule has 168 valence electrons. The van der Waals surface area contributed by atoms with Gasteiger partial charge in [-0.3, -0.25) is 9.59 Å². The van der Waals surface area contributed by atoms with Crippen LogP contribution in [0.25, 0.3) is 11.4 Å². The average molecular weight is 437 g/mol. The number of anilines is 1. The molecular formula is C23H28N6O3. The van der Waals surface area contributed by atoms with Gasteiger partial charge < -0.3 is 15.0 Å². The lowest BCUT2D eigenvalue weighted by molar-refractivity contribution is -0.134. The Morgan fingerprint density at radius 3 is 2.59 bits per heavy atom. The van der Waals surface area contributed by atoms with E-state index in [2.05, 4.69) is 20.7 Å². The molecule has 0 saturated carbocycles. The van der Waals surface area contributed by atoms with Gasteiger partial charge in [-0.1, -0.05) is 49.4 Å². The molecule has 0 atom stereocenters. The maximum atomic E-state index is 12.7. The minimum absolute atomic E-state index is 0.00947. The van der Waals surface area contributed by atoms with E-state index in [1.807, 2.05) is 49.4 Å². The van der Waals surface area contributed by atoms with Crippen molar-refractivity contribution in [3.05, 3.63) is 54.6 Å². The zero-order chi connectivity index (χ0) is 22.8. The summed E-state index contributed by atoms with van der Waals surface area (Å²) in [4.78, 5) is 28.3. The van der Waals surface area contributed by atoms with Crippen LogP contribution in [0.15, 0.2) is 54.6 Å². The second kappa shape index (κ2) is 11.6. The molecular weight excluding hydrogens is 408 g/mol. The second-order valence-electron chi connectivity index (χ2n) is 7.24. The lowest BCUT2D eigenvalue weighted by Crippen LogP contribution is -2.38. The number of ether oxygens (including phenoxy) is 1. The fourth-order valence-corrected chi connectivity index (χ4v) is 3.24. The van der Waals surface area contributed by atoms with Gasteiger partial charge in [0.15, 0.2) is 0 Å². The van der Waals surface area contributed by atoms with Crippen molar-refractivity contribution in [2.75, 3.05) is 25.5 Å². The first-order chi connectivity index (χ1) is 15.6. The highest BCUT2D eigenvalue weighted by atomic mass is 16.5. The Kier molecular flexibility index (Phi) is 8.30. The largest absolute Gasteiger partial charge is 0.495 e. The van der Waals surface area contributed by atoms with E-state index < -0.39 is 0 Å². The predicted octanol–water partition coefficient (Wildman–Crippen LogP) is 3.01. The molecule has 0 aliphatic rings. The zero-order valence-corrected chi connectivity index (χ0v) is 18.4. The maximum absolute atomic E-state index is 12.7. The average Bonchev–Trinajstić information content (AvgIpc) is 3.28. The van der Waals surface area contributed by atoms with Crippen molar-refractivity contribution in [2.24, 2.45) is 0 Å². The third-order valence-corrected chi connectivity index (χ3v) is 4.80. The van der Waals surface area contributed by atoms with Crippen LogP contribution >= 0.6 is 0 Å². The van der Waals surface area contributed by atoms with Gasteiger partial charge >= 0.3 is 0 Å². The molecule has 1 heterocycles. The smallest absolute Gasteiger partial charge is 0.244 e. The standard InChI is InChI=1S/C23H28N6O3/c1-3-15-28(17-21(30)24-19-12-7-8-13-20(19)32-2)22(31)14-9-16-29-26-23(25-27-29)18-10-5-4-6-11-18/h4-8,10-13H,3,9,14-17H2,1-2H3,(H,24,30). The third kappa shape index (κ3) is 6.37. The fraction of sp³-hybridized carbons (Fsp3) is 0.348.